The largest absolute Gasteiger partial charge is 0.392 e. The van der Waals surface area contributed by atoms with E-state index in [0.717, 1.165) is 0 Å². The molecule has 3 N–H and O–H groups in total. The maximum absolute atomic E-state index is 11.9. The lowest BCUT2D eigenvalue weighted by molar-refractivity contribution is 0.192. The Kier molecular flexibility index (Phi) is 5.85. The summed E-state index contributed by atoms with van der Waals surface area (Å²) >= 11 is 0. The lowest BCUT2D eigenvalue weighted by atomic mass is 10.4. The Hall–Kier alpha value is -1.53. The second kappa shape index (κ2) is 7.16. The van der Waals surface area contributed by atoms with Gasteiger partial charge in [0.15, 0.2) is 5.69 Å². The molecule has 7 nitrogen and oxygen atoms in total. The highest BCUT2D eigenvalue weighted by Gasteiger charge is 2.18. The van der Waals surface area contributed by atoms with Gasteiger partial charge in [0.05, 0.1) is 6.10 Å². The third kappa shape index (κ3) is 4.92. The maximum atomic E-state index is 11.9. The third-order valence-electron chi connectivity index (χ3n) is 2.20. The quantitative estimate of drug-likeness (QED) is 0.565. The van der Waals surface area contributed by atoms with Crippen molar-refractivity contribution in [3.8, 4) is 6.07 Å². The summed E-state index contributed by atoms with van der Waals surface area (Å²) in [6.45, 7) is 2.56. The first-order valence-corrected chi connectivity index (χ1v) is 7.19. The molecule has 1 unspecified atom stereocenters. The van der Waals surface area contributed by atoms with Crippen molar-refractivity contribution in [3.63, 3.8) is 0 Å². The second-order valence-electron chi connectivity index (χ2n) is 3.91. The topological polar surface area (TPSA) is 115 Å². The van der Waals surface area contributed by atoms with E-state index in [-0.39, 0.29) is 17.1 Å². The van der Waals surface area contributed by atoms with Gasteiger partial charge in [-0.1, -0.05) is 0 Å². The monoisotopic (exact) mass is 284 g/mol. The van der Waals surface area contributed by atoms with Crippen LogP contribution in [0.3, 0.4) is 0 Å². The number of aromatic nitrogens is 1. The fourth-order valence-corrected chi connectivity index (χ4v) is 2.49. The van der Waals surface area contributed by atoms with Crippen molar-refractivity contribution in [2.75, 3.05) is 19.6 Å². The van der Waals surface area contributed by atoms with E-state index < -0.39 is 16.1 Å². The van der Waals surface area contributed by atoms with Crippen LogP contribution in [-0.2, 0) is 10.0 Å². The molecule has 1 atom stereocenters. The van der Waals surface area contributed by atoms with Gasteiger partial charge in [-0.05, 0) is 19.1 Å². The van der Waals surface area contributed by atoms with Crippen molar-refractivity contribution in [1.82, 2.24) is 15.0 Å². The predicted molar refractivity (Wildman–Crippen MR) is 68.7 cm³/mol. The molecule has 19 heavy (non-hydrogen) atoms. The number of sulfonamides is 1. The Labute approximate surface area is 112 Å². The molecule has 1 aromatic rings. The average molecular weight is 284 g/mol. The lowest BCUT2D eigenvalue weighted by Gasteiger charge is -2.09. The molecule has 104 valence electrons. The molecule has 0 aliphatic heterocycles. The number of nitrogens with one attached hydrogen (secondary N) is 2. The van der Waals surface area contributed by atoms with E-state index in [1.165, 1.54) is 18.3 Å². The Morgan fingerprint density at radius 2 is 2.26 bits per heavy atom. The fraction of sp³-hybridized carbons (Fsp3) is 0.455. The highest BCUT2D eigenvalue weighted by molar-refractivity contribution is 7.89. The summed E-state index contributed by atoms with van der Waals surface area (Å²) in [5, 5.41) is 20.7. The Morgan fingerprint density at radius 3 is 2.89 bits per heavy atom. The second-order valence-corrected chi connectivity index (χ2v) is 5.65. The molecule has 1 aromatic heterocycles. The molecule has 0 amide bonds. The number of hydrogen-bond donors (Lipinski definition) is 3. The molecular weight excluding hydrogens is 268 g/mol. The summed E-state index contributed by atoms with van der Waals surface area (Å²) < 4.78 is 26.2. The lowest BCUT2D eigenvalue weighted by Crippen LogP contribution is -2.34. The summed E-state index contributed by atoms with van der Waals surface area (Å²) in [6, 6.07) is 4.53. The third-order valence-corrected chi connectivity index (χ3v) is 3.69. The summed E-state index contributed by atoms with van der Waals surface area (Å²) in [4.78, 5) is 3.57. The van der Waals surface area contributed by atoms with E-state index >= 15 is 0 Å². The molecule has 1 heterocycles. The maximum Gasteiger partial charge on any atom is 0.243 e. The van der Waals surface area contributed by atoms with Crippen molar-refractivity contribution in [3.05, 3.63) is 24.0 Å². The summed E-state index contributed by atoms with van der Waals surface area (Å²) in [5.41, 5.74) is -0.132. The molecule has 0 bridgehead atoms. The molecule has 0 fully saturated rings. The number of rotatable bonds is 7. The van der Waals surface area contributed by atoms with Crippen molar-refractivity contribution in [2.45, 2.75) is 17.9 Å². The summed E-state index contributed by atoms with van der Waals surface area (Å²) in [6.07, 6.45) is 0.877. The molecule has 0 aliphatic rings. The summed E-state index contributed by atoms with van der Waals surface area (Å²) in [7, 11) is -3.74. The van der Waals surface area contributed by atoms with Crippen LogP contribution >= 0.6 is 0 Å². The van der Waals surface area contributed by atoms with E-state index in [1.807, 2.05) is 0 Å². The minimum absolute atomic E-state index is 0.131. The van der Waals surface area contributed by atoms with Gasteiger partial charge in [0.25, 0.3) is 0 Å². The number of nitrogens with zero attached hydrogens (tertiary/aromatic N) is 2. The number of pyridine rings is 1. The first-order valence-electron chi connectivity index (χ1n) is 5.71. The van der Waals surface area contributed by atoms with Gasteiger partial charge in [-0.25, -0.2) is 18.1 Å². The fourth-order valence-electron chi connectivity index (χ4n) is 1.35. The number of aliphatic hydroxyl groups excluding tert-OH is 1. The number of aliphatic hydroxyl groups is 1. The van der Waals surface area contributed by atoms with Crippen LogP contribution in [0.4, 0.5) is 0 Å². The van der Waals surface area contributed by atoms with Crippen LogP contribution in [0.25, 0.3) is 0 Å². The molecule has 0 aliphatic carbocycles. The number of hydrogen-bond acceptors (Lipinski definition) is 6. The first kappa shape index (κ1) is 15.5. The van der Waals surface area contributed by atoms with E-state index in [1.54, 1.807) is 13.0 Å². The Bertz CT molecular complexity index is 551. The van der Waals surface area contributed by atoms with Crippen LogP contribution in [0.5, 0.6) is 0 Å². The van der Waals surface area contributed by atoms with Crippen LogP contribution in [0, 0.1) is 11.3 Å². The van der Waals surface area contributed by atoms with Crippen LogP contribution in [-0.4, -0.2) is 44.2 Å². The normalized spacial score (nSPS) is 12.9. The summed E-state index contributed by atoms with van der Waals surface area (Å²) in [5.74, 6) is 0. The first-order chi connectivity index (χ1) is 8.97. The zero-order chi connectivity index (χ0) is 14.3. The van der Waals surface area contributed by atoms with Gasteiger partial charge in [-0.3, -0.25) is 0 Å². The predicted octanol–water partition coefficient (Wildman–Crippen LogP) is -0.798. The van der Waals surface area contributed by atoms with Gasteiger partial charge in [0, 0.05) is 25.8 Å². The van der Waals surface area contributed by atoms with Crippen molar-refractivity contribution >= 4 is 10.0 Å². The van der Waals surface area contributed by atoms with Crippen molar-refractivity contribution < 1.29 is 13.5 Å². The van der Waals surface area contributed by atoms with Crippen LogP contribution in [0.15, 0.2) is 23.2 Å². The average Bonchev–Trinajstić information content (AvgIpc) is 2.37. The molecular formula is C11H16N4O3S. The Morgan fingerprint density at radius 1 is 1.53 bits per heavy atom. The van der Waals surface area contributed by atoms with Gasteiger partial charge >= 0.3 is 0 Å². The van der Waals surface area contributed by atoms with E-state index in [9.17, 15) is 8.42 Å². The van der Waals surface area contributed by atoms with Gasteiger partial charge in [-0.2, -0.15) is 5.26 Å². The molecule has 0 aromatic carbocycles. The van der Waals surface area contributed by atoms with Gasteiger partial charge in [0.2, 0.25) is 10.0 Å². The van der Waals surface area contributed by atoms with Crippen LogP contribution < -0.4 is 10.0 Å². The van der Waals surface area contributed by atoms with E-state index in [2.05, 4.69) is 15.0 Å². The van der Waals surface area contributed by atoms with E-state index in [4.69, 9.17) is 10.4 Å². The minimum atomic E-state index is -3.74. The highest BCUT2D eigenvalue weighted by Crippen LogP contribution is 2.10. The SMILES string of the molecule is CC(O)CNCCNS(=O)(=O)c1cccnc1C#N. The zero-order valence-electron chi connectivity index (χ0n) is 10.5. The molecule has 8 heteroatoms. The molecule has 1 rings (SSSR count). The van der Waals surface area contributed by atoms with Crippen molar-refractivity contribution in [1.29, 1.82) is 5.26 Å². The molecule has 0 spiro atoms. The number of nitriles is 1. The smallest absolute Gasteiger partial charge is 0.243 e. The molecule has 0 saturated heterocycles. The molecule has 0 radical (unpaired) electrons. The highest BCUT2D eigenvalue weighted by atomic mass is 32.2. The van der Waals surface area contributed by atoms with Crippen molar-refractivity contribution in [2.24, 2.45) is 0 Å². The Balaban J connectivity index is 2.60. The van der Waals surface area contributed by atoms with Crippen LogP contribution in [0.1, 0.15) is 12.6 Å². The van der Waals surface area contributed by atoms with Gasteiger partial charge < -0.3 is 10.4 Å². The minimum Gasteiger partial charge on any atom is -0.392 e. The molecule has 0 saturated carbocycles. The standard InChI is InChI=1S/C11H16N4O3S/c1-9(16)8-13-5-6-15-19(17,18)11-3-2-4-14-10(11)7-12/h2-4,9,13,15-16H,5-6,8H2,1H3. The van der Waals surface area contributed by atoms with Gasteiger partial charge in [-0.15, -0.1) is 0 Å². The van der Waals surface area contributed by atoms with Gasteiger partial charge in [0.1, 0.15) is 11.0 Å². The van der Waals surface area contributed by atoms with Crippen LogP contribution in [0.2, 0.25) is 0 Å². The van der Waals surface area contributed by atoms with E-state index in [0.29, 0.717) is 13.1 Å². The zero-order valence-corrected chi connectivity index (χ0v) is 11.3.